The van der Waals surface area contributed by atoms with E-state index in [-0.39, 0.29) is 24.4 Å². The fraction of sp³-hybridized carbons (Fsp3) is 0.227. The first-order chi connectivity index (χ1) is 14.8. The van der Waals surface area contributed by atoms with Gasteiger partial charge in [0.05, 0.1) is 22.6 Å². The minimum atomic E-state index is -0.343. The van der Waals surface area contributed by atoms with Crippen LogP contribution >= 0.6 is 23.2 Å². The number of rotatable bonds is 7. The van der Waals surface area contributed by atoms with Gasteiger partial charge in [-0.05, 0) is 44.2 Å². The Morgan fingerprint density at radius 2 is 1.77 bits per heavy atom. The molecule has 3 aromatic rings. The SMILES string of the molecule is CC(C)NC(=O)Nc1ccccc1NC(=O)CCc1ncc(-c2ccc(Cl)cc2Cl)o1. The van der Waals surface area contributed by atoms with E-state index in [0.717, 1.165) is 0 Å². The van der Waals surface area contributed by atoms with Crippen LogP contribution in [0.25, 0.3) is 11.3 Å². The second kappa shape index (κ2) is 10.3. The largest absolute Gasteiger partial charge is 0.441 e. The van der Waals surface area contributed by atoms with Crippen LogP contribution < -0.4 is 16.0 Å². The van der Waals surface area contributed by atoms with Crippen molar-refractivity contribution in [1.82, 2.24) is 10.3 Å². The second-order valence-corrected chi connectivity index (χ2v) is 7.93. The third-order valence-electron chi connectivity index (χ3n) is 4.19. The number of aromatic nitrogens is 1. The number of hydrogen-bond acceptors (Lipinski definition) is 4. The number of amides is 3. The maximum absolute atomic E-state index is 12.4. The van der Waals surface area contributed by atoms with E-state index < -0.39 is 0 Å². The summed E-state index contributed by atoms with van der Waals surface area (Å²) in [5.74, 6) is 0.685. The summed E-state index contributed by atoms with van der Waals surface area (Å²) in [7, 11) is 0. The van der Waals surface area contributed by atoms with E-state index in [2.05, 4.69) is 20.9 Å². The lowest BCUT2D eigenvalue weighted by molar-refractivity contribution is -0.116. The molecule has 0 aliphatic carbocycles. The Bertz CT molecular complexity index is 1080. The molecule has 31 heavy (non-hydrogen) atoms. The molecule has 3 N–H and O–H groups in total. The highest BCUT2D eigenvalue weighted by molar-refractivity contribution is 6.36. The fourth-order valence-corrected chi connectivity index (χ4v) is 3.30. The molecule has 0 saturated heterocycles. The zero-order chi connectivity index (χ0) is 22.4. The van der Waals surface area contributed by atoms with Crippen molar-refractivity contribution in [2.24, 2.45) is 0 Å². The number of urea groups is 1. The van der Waals surface area contributed by atoms with E-state index in [1.54, 1.807) is 48.7 Å². The number of carbonyl (C=O) groups is 2. The highest BCUT2D eigenvalue weighted by Gasteiger charge is 2.13. The molecule has 1 aromatic heterocycles. The van der Waals surface area contributed by atoms with E-state index >= 15 is 0 Å². The number of carbonyl (C=O) groups excluding carboxylic acids is 2. The van der Waals surface area contributed by atoms with Crippen molar-refractivity contribution in [2.75, 3.05) is 10.6 Å². The molecule has 162 valence electrons. The summed E-state index contributed by atoms with van der Waals surface area (Å²) in [6.07, 6.45) is 2.02. The lowest BCUT2D eigenvalue weighted by atomic mass is 10.2. The van der Waals surface area contributed by atoms with Crippen molar-refractivity contribution in [2.45, 2.75) is 32.7 Å². The monoisotopic (exact) mass is 460 g/mol. The topological polar surface area (TPSA) is 96.3 Å². The van der Waals surface area contributed by atoms with Crippen molar-refractivity contribution in [3.05, 3.63) is 64.6 Å². The summed E-state index contributed by atoms with van der Waals surface area (Å²) < 4.78 is 5.72. The number of aryl methyl sites for hydroxylation is 1. The van der Waals surface area contributed by atoms with Gasteiger partial charge in [-0.15, -0.1) is 0 Å². The molecular weight excluding hydrogens is 439 g/mol. The standard InChI is InChI=1S/C22H22Cl2N4O3/c1-13(2)26-22(30)28-18-6-4-3-5-17(18)27-20(29)9-10-21-25-12-19(31-21)15-8-7-14(23)11-16(15)24/h3-8,11-13H,9-10H2,1-2H3,(H,27,29)(H2,26,28,30). The first-order valence-corrected chi connectivity index (χ1v) is 10.4. The van der Waals surface area contributed by atoms with E-state index in [1.165, 1.54) is 0 Å². The van der Waals surface area contributed by atoms with Gasteiger partial charge in [-0.1, -0.05) is 35.3 Å². The molecular formula is C22H22Cl2N4O3. The number of oxazole rings is 1. The van der Waals surface area contributed by atoms with Crippen molar-refractivity contribution < 1.29 is 14.0 Å². The van der Waals surface area contributed by atoms with Gasteiger partial charge < -0.3 is 20.4 Å². The summed E-state index contributed by atoms with van der Waals surface area (Å²) in [5.41, 5.74) is 1.69. The molecule has 1 heterocycles. The van der Waals surface area contributed by atoms with Crippen LogP contribution in [-0.2, 0) is 11.2 Å². The normalized spacial score (nSPS) is 10.7. The third-order valence-corrected chi connectivity index (χ3v) is 4.73. The molecule has 0 unspecified atom stereocenters. The molecule has 0 aliphatic heterocycles. The average molecular weight is 461 g/mol. The zero-order valence-corrected chi connectivity index (χ0v) is 18.6. The van der Waals surface area contributed by atoms with E-state index in [4.69, 9.17) is 27.6 Å². The summed E-state index contributed by atoms with van der Waals surface area (Å²) >= 11 is 12.1. The number of benzene rings is 2. The van der Waals surface area contributed by atoms with Crippen LogP contribution in [0.5, 0.6) is 0 Å². The van der Waals surface area contributed by atoms with Gasteiger partial charge in [0, 0.05) is 29.5 Å². The smallest absolute Gasteiger partial charge is 0.319 e. The Morgan fingerprint density at radius 1 is 1.06 bits per heavy atom. The molecule has 7 nitrogen and oxygen atoms in total. The van der Waals surface area contributed by atoms with Crippen LogP contribution in [0.1, 0.15) is 26.2 Å². The Morgan fingerprint density at radius 3 is 2.45 bits per heavy atom. The molecule has 0 fully saturated rings. The van der Waals surface area contributed by atoms with Gasteiger partial charge in [0.1, 0.15) is 0 Å². The number of nitrogens with zero attached hydrogens (tertiary/aromatic N) is 1. The van der Waals surface area contributed by atoms with Crippen LogP contribution in [0.2, 0.25) is 10.0 Å². The highest BCUT2D eigenvalue weighted by atomic mass is 35.5. The lowest BCUT2D eigenvalue weighted by Gasteiger charge is -2.14. The molecule has 0 radical (unpaired) electrons. The van der Waals surface area contributed by atoms with Gasteiger partial charge in [0.25, 0.3) is 0 Å². The lowest BCUT2D eigenvalue weighted by Crippen LogP contribution is -2.34. The Balaban J connectivity index is 1.59. The van der Waals surface area contributed by atoms with Crippen LogP contribution in [-0.4, -0.2) is 23.0 Å². The Kier molecular flexibility index (Phi) is 7.55. The average Bonchev–Trinajstić information content (AvgIpc) is 3.16. The predicted molar refractivity (Wildman–Crippen MR) is 123 cm³/mol. The maximum atomic E-state index is 12.4. The van der Waals surface area contributed by atoms with Crippen molar-refractivity contribution >= 4 is 46.5 Å². The van der Waals surface area contributed by atoms with Gasteiger partial charge >= 0.3 is 6.03 Å². The van der Waals surface area contributed by atoms with Gasteiger partial charge in [0.15, 0.2) is 11.7 Å². The summed E-state index contributed by atoms with van der Waals surface area (Å²) in [6, 6.07) is 11.7. The van der Waals surface area contributed by atoms with Crippen LogP contribution in [0.15, 0.2) is 53.1 Å². The maximum Gasteiger partial charge on any atom is 0.319 e. The van der Waals surface area contributed by atoms with Gasteiger partial charge in [0.2, 0.25) is 5.91 Å². The zero-order valence-electron chi connectivity index (χ0n) is 17.0. The number of nitrogens with one attached hydrogen (secondary N) is 3. The van der Waals surface area contributed by atoms with E-state index in [1.807, 2.05) is 13.8 Å². The van der Waals surface area contributed by atoms with Gasteiger partial charge in [-0.25, -0.2) is 9.78 Å². The minimum absolute atomic E-state index is 0.00445. The predicted octanol–water partition coefficient (Wildman–Crippen LogP) is 5.75. The molecule has 0 saturated carbocycles. The summed E-state index contributed by atoms with van der Waals surface area (Å²) in [4.78, 5) is 28.6. The van der Waals surface area contributed by atoms with E-state index in [0.29, 0.717) is 45.1 Å². The molecule has 9 heteroatoms. The minimum Gasteiger partial charge on any atom is -0.441 e. The van der Waals surface area contributed by atoms with Crippen molar-refractivity contribution in [1.29, 1.82) is 0 Å². The van der Waals surface area contributed by atoms with Gasteiger partial charge in [-0.2, -0.15) is 0 Å². The number of hydrogen-bond donors (Lipinski definition) is 3. The fourth-order valence-electron chi connectivity index (χ4n) is 2.79. The first-order valence-electron chi connectivity index (χ1n) is 9.68. The number of halogens is 2. The molecule has 0 atom stereocenters. The van der Waals surface area contributed by atoms with E-state index in [9.17, 15) is 9.59 Å². The highest BCUT2D eigenvalue weighted by Crippen LogP contribution is 2.31. The quantitative estimate of drug-likeness (QED) is 0.418. The molecule has 3 amide bonds. The Hall–Kier alpha value is -3.03. The molecule has 0 spiro atoms. The number of para-hydroxylation sites is 2. The van der Waals surface area contributed by atoms with Crippen LogP contribution in [0, 0.1) is 0 Å². The van der Waals surface area contributed by atoms with Crippen LogP contribution in [0.4, 0.5) is 16.2 Å². The Labute approximate surface area is 190 Å². The summed E-state index contributed by atoms with van der Waals surface area (Å²) in [6.45, 7) is 3.73. The molecule has 0 bridgehead atoms. The van der Waals surface area contributed by atoms with Gasteiger partial charge in [-0.3, -0.25) is 4.79 Å². The molecule has 0 aliphatic rings. The molecule has 2 aromatic carbocycles. The van der Waals surface area contributed by atoms with Crippen molar-refractivity contribution in [3.63, 3.8) is 0 Å². The van der Waals surface area contributed by atoms with Crippen molar-refractivity contribution in [3.8, 4) is 11.3 Å². The summed E-state index contributed by atoms with van der Waals surface area (Å²) in [5, 5.41) is 9.27. The third kappa shape index (κ3) is 6.47. The molecule has 3 rings (SSSR count). The first kappa shape index (κ1) is 22.7. The second-order valence-electron chi connectivity index (χ2n) is 7.09. The van der Waals surface area contributed by atoms with Crippen LogP contribution in [0.3, 0.4) is 0 Å². The number of anilines is 2.